The van der Waals surface area contributed by atoms with Crippen LogP contribution in [0, 0.1) is 29.1 Å². The van der Waals surface area contributed by atoms with Crippen LogP contribution in [0.5, 0.6) is 0 Å². The fourth-order valence-electron chi connectivity index (χ4n) is 6.54. The lowest BCUT2D eigenvalue weighted by molar-refractivity contribution is -0.150. The summed E-state index contributed by atoms with van der Waals surface area (Å²) >= 11 is 0. The molecule has 0 spiro atoms. The van der Waals surface area contributed by atoms with Crippen molar-refractivity contribution in [2.24, 2.45) is 29.1 Å². The fourth-order valence-corrected chi connectivity index (χ4v) is 6.54. The van der Waals surface area contributed by atoms with Crippen LogP contribution in [0.15, 0.2) is 30.3 Å². The minimum Gasteiger partial charge on any atom is -0.392 e. The first-order valence-corrected chi connectivity index (χ1v) is 12.5. The standard InChI is InChI=1S/C27H42N2O3/c1-6-29(7-2)26(32)18(3)21-13-15-27(5)16-14-22(19(4)24(27)25(21)31)28-23(30)17-20-11-9-8-10-12-20/h8-12,18-19,21-22,24-25,31H,6-7,13-17H2,1-5H3,(H,28,30)/t18-,19+,21+,22-,24+,25-,27+/m0/s1. The van der Waals surface area contributed by atoms with Gasteiger partial charge in [-0.15, -0.1) is 0 Å². The molecule has 32 heavy (non-hydrogen) atoms. The van der Waals surface area contributed by atoms with E-state index in [1.54, 1.807) is 0 Å². The van der Waals surface area contributed by atoms with E-state index in [4.69, 9.17) is 0 Å². The van der Waals surface area contributed by atoms with Gasteiger partial charge in [-0.1, -0.05) is 51.1 Å². The Bertz CT molecular complexity index is 778. The maximum absolute atomic E-state index is 13.0. The van der Waals surface area contributed by atoms with Gasteiger partial charge in [-0.25, -0.2) is 0 Å². The number of nitrogens with zero attached hydrogens (tertiary/aromatic N) is 1. The normalized spacial score (nSPS) is 33.1. The number of hydrogen-bond acceptors (Lipinski definition) is 3. The minimum atomic E-state index is -0.521. The van der Waals surface area contributed by atoms with Gasteiger partial charge >= 0.3 is 0 Å². The zero-order valence-electron chi connectivity index (χ0n) is 20.5. The molecule has 1 aromatic carbocycles. The van der Waals surface area contributed by atoms with Crippen LogP contribution in [-0.4, -0.2) is 47.1 Å². The molecule has 7 atom stereocenters. The number of aliphatic hydroxyl groups is 1. The van der Waals surface area contributed by atoms with E-state index in [1.807, 2.05) is 56.0 Å². The third kappa shape index (κ3) is 5.03. The number of carbonyl (C=O) groups excluding carboxylic acids is 2. The van der Waals surface area contributed by atoms with Crippen molar-refractivity contribution in [3.05, 3.63) is 35.9 Å². The van der Waals surface area contributed by atoms with E-state index >= 15 is 0 Å². The molecule has 2 aliphatic rings. The number of hydrogen-bond donors (Lipinski definition) is 2. The average molecular weight is 443 g/mol. The zero-order chi connectivity index (χ0) is 23.5. The van der Waals surface area contributed by atoms with Crippen molar-refractivity contribution in [1.29, 1.82) is 0 Å². The monoisotopic (exact) mass is 442 g/mol. The molecule has 1 aromatic rings. The molecule has 0 aliphatic heterocycles. The van der Waals surface area contributed by atoms with Crippen LogP contribution in [0.25, 0.3) is 0 Å². The van der Waals surface area contributed by atoms with Gasteiger partial charge in [0.2, 0.25) is 11.8 Å². The highest BCUT2D eigenvalue weighted by molar-refractivity contribution is 5.79. The third-order valence-electron chi connectivity index (χ3n) is 8.55. The molecule has 178 valence electrons. The number of nitrogens with one attached hydrogen (secondary N) is 1. The van der Waals surface area contributed by atoms with Crippen molar-refractivity contribution in [3.63, 3.8) is 0 Å². The van der Waals surface area contributed by atoms with E-state index in [9.17, 15) is 14.7 Å². The molecule has 2 amide bonds. The van der Waals surface area contributed by atoms with Crippen molar-refractivity contribution in [2.75, 3.05) is 13.1 Å². The van der Waals surface area contributed by atoms with Gasteiger partial charge in [-0.3, -0.25) is 9.59 Å². The summed E-state index contributed by atoms with van der Waals surface area (Å²) < 4.78 is 0. The molecule has 0 aromatic heterocycles. The van der Waals surface area contributed by atoms with E-state index in [1.165, 1.54) is 0 Å². The van der Waals surface area contributed by atoms with Gasteiger partial charge in [0.25, 0.3) is 0 Å². The molecular formula is C27H42N2O3. The minimum absolute atomic E-state index is 0.0256. The van der Waals surface area contributed by atoms with E-state index in [0.29, 0.717) is 19.5 Å². The summed E-state index contributed by atoms with van der Waals surface area (Å²) in [6.45, 7) is 11.9. The second-order valence-corrected chi connectivity index (χ2v) is 10.4. The van der Waals surface area contributed by atoms with Gasteiger partial charge < -0.3 is 15.3 Å². The summed E-state index contributed by atoms with van der Waals surface area (Å²) in [4.78, 5) is 27.6. The highest BCUT2D eigenvalue weighted by Gasteiger charge is 2.54. The Labute approximate surface area is 194 Å². The fraction of sp³-hybridized carbons (Fsp3) is 0.704. The van der Waals surface area contributed by atoms with Crippen molar-refractivity contribution in [3.8, 4) is 0 Å². The lowest BCUT2D eigenvalue weighted by Gasteiger charge is -2.56. The SMILES string of the molecule is CCN(CC)C(=O)[C@@H](C)[C@H]1CC[C@]2(C)CC[C@H](NC(=O)Cc3ccccc3)[C@@H](C)[C@@H]2[C@H]1O. The molecule has 0 saturated heterocycles. The summed E-state index contributed by atoms with van der Waals surface area (Å²) in [6, 6.07) is 9.88. The van der Waals surface area contributed by atoms with Crippen LogP contribution in [0.3, 0.4) is 0 Å². The summed E-state index contributed by atoms with van der Waals surface area (Å²) in [5, 5.41) is 14.8. The molecule has 5 heteroatoms. The third-order valence-corrected chi connectivity index (χ3v) is 8.55. The maximum Gasteiger partial charge on any atom is 0.225 e. The first kappa shape index (κ1) is 24.8. The smallest absolute Gasteiger partial charge is 0.225 e. The number of benzene rings is 1. The molecule has 2 aliphatic carbocycles. The van der Waals surface area contributed by atoms with Crippen LogP contribution in [0.2, 0.25) is 0 Å². The van der Waals surface area contributed by atoms with Crippen LogP contribution in [0.4, 0.5) is 0 Å². The quantitative estimate of drug-likeness (QED) is 0.670. The van der Waals surface area contributed by atoms with Gasteiger partial charge in [-0.05, 0) is 68.3 Å². The number of fused-ring (bicyclic) bond motifs is 1. The Morgan fingerprint density at radius 3 is 2.41 bits per heavy atom. The van der Waals surface area contributed by atoms with Crippen LogP contribution < -0.4 is 5.32 Å². The molecule has 0 unspecified atom stereocenters. The van der Waals surface area contributed by atoms with Gasteiger partial charge in [0.05, 0.1) is 12.5 Å². The van der Waals surface area contributed by atoms with E-state index in [2.05, 4.69) is 19.2 Å². The van der Waals surface area contributed by atoms with E-state index < -0.39 is 6.10 Å². The molecule has 2 N–H and O–H groups in total. The van der Waals surface area contributed by atoms with Crippen molar-refractivity contribution < 1.29 is 14.7 Å². The summed E-state index contributed by atoms with van der Waals surface area (Å²) in [7, 11) is 0. The lowest BCUT2D eigenvalue weighted by Crippen LogP contribution is -2.58. The molecule has 0 heterocycles. The molecule has 2 fully saturated rings. The van der Waals surface area contributed by atoms with Gasteiger partial charge in [-0.2, -0.15) is 0 Å². The Balaban J connectivity index is 1.70. The summed E-state index contributed by atoms with van der Waals surface area (Å²) in [5.74, 6) is 0.241. The number of rotatable bonds is 7. The van der Waals surface area contributed by atoms with Crippen molar-refractivity contribution >= 4 is 11.8 Å². The van der Waals surface area contributed by atoms with Crippen LogP contribution in [0.1, 0.15) is 65.9 Å². The maximum atomic E-state index is 13.0. The van der Waals surface area contributed by atoms with E-state index in [-0.39, 0.29) is 46.9 Å². The van der Waals surface area contributed by atoms with Crippen LogP contribution in [-0.2, 0) is 16.0 Å². The number of carbonyl (C=O) groups is 2. The largest absolute Gasteiger partial charge is 0.392 e. The number of amides is 2. The molecular weight excluding hydrogens is 400 g/mol. The molecule has 3 rings (SSSR count). The first-order valence-electron chi connectivity index (χ1n) is 12.5. The first-order chi connectivity index (χ1) is 15.2. The Kier molecular flexibility index (Phi) is 8.02. The highest BCUT2D eigenvalue weighted by Crippen LogP contribution is 2.55. The average Bonchev–Trinajstić information content (AvgIpc) is 2.77. The second-order valence-electron chi connectivity index (χ2n) is 10.4. The molecule has 2 saturated carbocycles. The predicted octanol–water partition coefficient (Wildman–Crippen LogP) is 4.04. The summed E-state index contributed by atoms with van der Waals surface area (Å²) in [6.07, 6.45) is 3.73. The Morgan fingerprint density at radius 1 is 1.16 bits per heavy atom. The Morgan fingerprint density at radius 2 is 1.78 bits per heavy atom. The van der Waals surface area contributed by atoms with Gasteiger partial charge in [0, 0.05) is 25.0 Å². The summed E-state index contributed by atoms with van der Waals surface area (Å²) in [5.41, 5.74) is 1.08. The lowest BCUT2D eigenvalue weighted by atomic mass is 9.51. The Hall–Kier alpha value is -1.88. The van der Waals surface area contributed by atoms with Crippen molar-refractivity contribution in [2.45, 2.75) is 78.9 Å². The van der Waals surface area contributed by atoms with Crippen molar-refractivity contribution in [1.82, 2.24) is 10.2 Å². The van der Waals surface area contributed by atoms with E-state index in [0.717, 1.165) is 31.2 Å². The molecule has 0 bridgehead atoms. The van der Waals surface area contributed by atoms with Gasteiger partial charge in [0.1, 0.15) is 0 Å². The zero-order valence-corrected chi connectivity index (χ0v) is 20.5. The van der Waals surface area contributed by atoms with Crippen LogP contribution >= 0.6 is 0 Å². The molecule has 5 nitrogen and oxygen atoms in total. The van der Waals surface area contributed by atoms with Gasteiger partial charge in [0.15, 0.2) is 0 Å². The highest BCUT2D eigenvalue weighted by atomic mass is 16.3. The predicted molar refractivity (Wildman–Crippen MR) is 128 cm³/mol. The number of aliphatic hydroxyl groups excluding tert-OH is 1. The topological polar surface area (TPSA) is 69.6 Å². The second kappa shape index (κ2) is 10.4. The molecule has 0 radical (unpaired) electrons.